The minimum atomic E-state index is -0.405. The maximum absolute atomic E-state index is 14.5. The minimum Gasteiger partial charge on any atom is -0.337 e. The van der Waals surface area contributed by atoms with Gasteiger partial charge in [-0.15, -0.1) is 0 Å². The summed E-state index contributed by atoms with van der Waals surface area (Å²) in [5.41, 5.74) is 5.95. The molecule has 0 spiro atoms. The van der Waals surface area contributed by atoms with E-state index in [1.54, 1.807) is 24.7 Å². The van der Waals surface area contributed by atoms with Gasteiger partial charge >= 0.3 is 0 Å². The molecule has 6 heteroatoms. The molecule has 0 saturated carbocycles. The molecule has 0 bridgehead atoms. The van der Waals surface area contributed by atoms with Gasteiger partial charge in [-0.25, -0.2) is 14.4 Å². The second-order valence-corrected chi connectivity index (χ2v) is 6.80. The zero-order chi connectivity index (χ0) is 19.8. The van der Waals surface area contributed by atoms with E-state index in [1.165, 1.54) is 11.8 Å². The third-order valence-corrected chi connectivity index (χ3v) is 4.80. The van der Waals surface area contributed by atoms with E-state index in [4.69, 9.17) is 4.98 Å². The zero-order valence-electron chi connectivity index (χ0n) is 15.6. The summed E-state index contributed by atoms with van der Waals surface area (Å²) in [6.45, 7) is 2.04. The molecule has 0 aliphatic carbocycles. The summed E-state index contributed by atoms with van der Waals surface area (Å²) in [4.78, 5) is 20.8. The van der Waals surface area contributed by atoms with Gasteiger partial charge in [-0.1, -0.05) is 29.8 Å². The first-order valence-electron chi connectivity index (χ1n) is 9.17. The van der Waals surface area contributed by atoms with Crippen molar-refractivity contribution in [3.8, 4) is 33.8 Å². The molecule has 140 valence electrons. The van der Waals surface area contributed by atoms with E-state index >= 15 is 0 Å². The van der Waals surface area contributed by atoms with E-state index < -0.39 is 5.82 Å². The monoisotopic (exact) mass is 381 g/mol. The normalized spacial score (nSPS) is 11.1. The summed E-state index contributed by atoms with van der Waals surface area (Å²) in [5.74, 6) is 0.314. The van der Waals surface area contributed by atoms with Crippen molar-refractivity contribution in [2.75, 3.05) is 0 Å². The number of nitrogens with one attached hydrogen (secondary N) is 1. The maximum Gasteiger partial charge on any atom is 0.178 e. The summed E-state index contributed by atoms with van der Waals surface area (Å²) in [6, 6.07) is 15.4. The van der Waals surface area contributed by atoms with Crippen molar-refractivity contribution in [1.82, 2.24) is 24.9 Å². The number of nitrogens with zero attached hydrogens (tertiary/aromatic N) is 4. The van der Waals surface area contributed by atoms with Crippen LogP contribution in [-0.2, 0) is 0 Å². The largest absolute Gasteiger partial charge is 0.337 e. The predicted octanol–water partition coefficient (Wildman–Crippen LogP) is 5.20. The van der Waals surface area contributed by atoms with Crippen molar-refractivity contribution in [1.29, 1.82) is 0 Å². The molecule has 0 saturated heterocycles. The highest BCUT2D eigenvalue weighted by Crippen LogP contribution is 2.34. The number of halogens is 1. The number of benzene rings is 1. The Morgan fingerprint density at radius 2 is 1.66 bits per heavy atom. The zero-order valence-corrected chi connectivity index (χ0v) is 15.6. The van der Waals surface area contributed by atoms with E-state index in [-0.39, 0.29) is 0 Å². The molecule has 4 aromatic heterocycles. The number of aryl methyl sites for hydroxylation is 1. The first-order chi connectivity index (χ1) is 14.2. The van der Waals surface area contributed by atoms with Gasteiger partial charge in [0.2, 0.25) is 0 Å². The van der Waals surface area contributed by atoms with Crippen LogP contribution in [0.1, 0.15) is 5.56 Å². The van der Waals surface area contributed by atoms with E-state index in [1.807, 2.05) is 49.4 Å². The molecule has 0 aliphatic heterocycles. The van der Waals surface area contributed by atoms with Gasteiger partial charge in [0.15, 0.2) is 5.65 Å². The Labute approximate surface area is 166 Å². The first-order valence-corrected chi connectivity index (χ1v) is 9.17. The molecular formula is C23H16FN5. The molecule has 0 amide bonds. The lowest BCUT2D eigenvalue weighted by Crippen LogP contribution is -1.94. The van der Waals surface area contributed by atoms with Gasteiger partial charge in [0.05, 0.1) is 17.4 Å². The Bertz CT molecular complexity index is 1310. The highest BCUT2D eigenvalue weighted by atomic mass is 19.1. The SMILES string of the molecule is Cc1ccc(-c2nc3nc(-c4cccnc4)c(-c4ccncc4F)cc3[nH]2)cc1. The lowest BCUT2D eigenvalue weighted by Gasteiger charge is -2.09. The molecule has 0 fully saturated rings. The Balaban J connectivity index is 1.75. The lowest BCUT2D eigenvalue weighted by molar-refractivity contribution is 0.625. The molecule has 5 rings (SSSR count). The van der Waals surface area contributed by atoms with E-state index in [9.17, 15) is 4.39 Å². The van der Waals surface area contributed by atoms with Crippen molar-refractivity contribution < 1.29 is 4.39 Å². The van der Waals surface area contributed by atoms with E-state index in [0.717, 1.165) is 22.5 Å². The van der Waals surface area contributed by atoms with Crippen LogP contribution in [0.25, 0.3) is 44.9 Å². The number of H-pyrrole nitrogens is 1. The van der Waals surface area contributed by atoms with Crippen LogP contribution in [-0.4, -0.2) is 24.9 Å². The predicted molar refractivity (Wildman–Crippen MR) is 110 cm³/mol. The summed E-state index contributed by atoms with van der Waals surface area (Å²) in [7, 11) is 0. The van der Waals surface area contributed by atoms with Crippen LogP contribution in [0.3, 0.4) is 0 Å². The van der Waals surface area contributed by atoms with Crippen LogP contribution in [0, 0.1) is 12.7 Å². The number of hydrogen-bond acceptors (Lipinski definition) is 4. The fourth-order valence-electron chi connectivity index (χ4n) is 3.31. The number of aromatic nitrogens is 5. The van der Waals surface area contributed by atoms with Crippen LogP contribution in [0.4, 0.5) is 4.39 Å². The summed E-state index contributed by atoms with van der Waals surface area (Å²) >= 11 is 0. The van der Waals surface area contributed by atoms with Gasteiger partial charge in [-0.2, -0.15) is 0 Å². The maximum atomic E-state index is 14.5. The molecule has 4 heterocycles. The summed E-state index contributed by atoms with van der Waals surface area (Å²) in [6.07, 6.45) is 6.18. The first kappa shape index (κ1) is 17.2. The van der Waals surface area contributed by atoms with Gasteiger partial charge in [0, 0.05) is 40.8 Å². The van der Waals surface area contributed by atoms with Crippen molar-refractivity contribution >= 4 is 11.2 Å². The molecule has 0 radical (unpaired) electrons. The minimum absolute atomic E-state index is 0.405. The molecule has 29 heavy (non-hydrogen) atoms. The second-order valence-electron chi connectivity index (χ2n) is 6.80. The van der Waals surface area contributed by atoms with Gasteiger partial charge in [-0.3, -0.25) is 9.97 Å². The van der Waals surface area contributed by atoms with E-state index in [0.29, 0.717) is 22.5 Å². The van der Waals surface area contributed by atoms with Gasteiger partial charge in [0.1, 0.15) is 11.6 Å². The highest BCUT2D eigenvalue weighted by Gasteiger charge is 2.17. The Morgan fingerprint density at radius 1 is 0.828 bits per heavy atom. The van der Waals surface area contributed by atoms with E-state index in [2.05, 4.69) is 19.9 Å². The van der Waals surface area contributed by atoms with Crippen LogP contribution in [0.15, 0.2) is 73.3 Å². The number of imidazole rings is 1. The van der Waals surface area contributed by atoms with Crippen molar-refractivity contribution in [2.24, 2.45) is 0 Å². The number of pyridine rings is 3. The van der Waals surface area contributed by atoms with Crippen LogP contribution >= 0.6 is 0 Å². The Morgan fingerprint density at radius 3 is 2.41 bits per heavy atom. The van der Waals surface area contributed by atoms with Crippen LogP contribution in [0.2, 0.25) is 0 Å². The second kappa shape index (κ2) is 6.91. The Kier molecular flexibility index (Phi) is 4.09. The fourth-order valence-corrected chi connectivity index (χ4v) is 3.31. The third kappa shape index (κ3) is 3.14. The molecule has 1 aromatic carbocycles. The van der Waals surface area contributed by atoms with Crippen molar-refractivity contribution in [3.05, 3.63) is 84.7 Å². The quantitative estimate of drug-likeness (QED) is 0.467. The molecule has 0 unspecified atom stereocenters. The Hall–Kier alpha value is -3.93. The number of aromatic amines is 1. The molecule has 1 N–H and O–H groups in total. The standard InChI is InChI=1S/C23H16FN5/c1-14-4-6-15(7-5-14)22-27-20-11-18(17-8-10-26-13-19(17)24)21(28-23(20)29-22)16-3-2-9-25-12-16/h2-13H,1H3,(H,27,28,29). The average Bonchev–Trinajstić information content (AvgIpc) is 3.17. The molecule has 5 nitrogen and oxygen atoms in total. The lowest BCUT2D eigenvalue weighted by atomic mass is 10.0. The highest BCUT2D eigenvalue weighted by molar-refractivity contribution is 5.89. The van der Waals surface area contributed by atoms with Gasteiger partial charge in [0.25, 0.3) is 0 Å². The smallest absolute Gasteiger partial charge is 0.178 e. The average molecular weight is 381 g/mol. The van der Waals surface area contributed by atoms with Crippen LogP contribution < -0.4 is 0 Å². The van der Waals surface area contributed by atoms with Crippen molar-refractivity contribution in [2.45, 2.75) is 6.92 Å². The molecule has 5 aromatic rings. The topological polar surface area (TPSA) is 67.3 Å². The fraction of sp³-hybridized carbons (Fsp3) is 0.0435. The summed E-state index contributed by atoms with van der Waals surface area (Å²) < 4.78 is 14.5. The van der Waals surface area contributed by atoms with Crippen LogP contribution in [0.5, 0.6) is 0 Å². The number of rotatable bonds is 3. The number of fused-ring (bicyclic) bond motifs is 1. The third-order valence-electron chi connectivity index (χ3n) is 4.80. The van der Waals surface area contributed by atoms with Crippen molar-refractivity contribution in [3.63, 3.8) is 0 Å². The number of hydrogen-bond donors (Lipinski definition) is 1. The molecule has 0 atom stereocenters. The van der Waals surface area contributed by atoms with Gasteiger partial charge in [-0.05, 0) is 31.2 Å². The van der Waals surface area contributed by atoms with Gasteiger partial charge < -0.3 is 4.98 Å². The summed E-state index contributed by atoms with van der Waals surface area (Å²) in [5, 5.41) is 0. The molecule has 0 aliphatic rings. The molecular weight excluding hydrogens is 365 g/mol.